The molecule has 3 rings (SSSR count). The van der Waals surface area contributed by atoms with E-state index in [0.717, 1.165) is 54.2 Å². The van der Waals surface area contributed by atoms with Crippen LogP contribution in [0.4, 0.5) is 0 Å². The molecular weight excluding hydrogens is 302 g/mol. The number of hydrogen-bond donors (Lipinski definition) is 1. The number of ether oxygens (including phenoxy) is 1. The topological polar surface area (TPSA) is 58.2 Å². The summed E-state index contributed by atoms with van der Waals surface area (Å²) in [5, 5.41) is 7.34. The monoisotopic (exact) mass is 327 g/mol. The molecule has 1 amide bonds. The molecule has 5 nitrogen and oxygen atoms in total. The lowest BCUT2D eigenvalue weighted by atomic mass is 9.94. The maximum Gasteiger partial charge on any atom is 0.260 e. The van der Waals surface area contributed by atoms with Gasteiger partial charge in [0, 0.05) is 24.7 Å². The maximum atomic E-state index is 12.5. The minimum absolute atomic E-state index is 0.0489. The predicted molar refractivity (Wildman–Crippen MR) is 93.3 cm³/mol. The number of hydrogen-bond acceptors (Lipinski definition) is 3. The number of amides is 1. The van der Waals surface area contributed by atoms with Crippen LogP contribution in [0.15, 0.2) is 24.3 Å². The van der Waals surface area contributed by atoms with Crippen LogP contribution in [-0.4, -0.2) is 40.7 Å². The average Bonchev–Trinajstić information content (AvgIpc) is 3.02. The summed E-state index contributed by atoms with van der Waals surface area (Å²) in [6.07, 6.45) is 2.08. The number of H-pyrrole nitrogens is 1. The number of carbonyl (C=O) groups excluding carboxylic acids is 1. The summed E-state index contributed by atoms with van der Waals surface area (Å²) < 4.78 is 5.76. The first-order valence-corrected chi connectivity index (χ1v) is 8.52. The van der Waals surface area contributed by atoms with E-state index in [0.29, 0.717) is 5.92 Å². The van der Waals surface area contributed by atoms with Gasteiger partial charge in [0.05, 0.1) is 5.69 Å². The lowest BCUT2D eigenvalue weighted by molar-refractivity contribution is -0.134. The van der Waals surface area contributed by atoms with Crippen molar-refractivity contribution in [2.45, 2.75) is 39.5 Å². The first-order chi connectivity index (χ1) is 11.5. The molecule has 128 valence electrons. The zero-order valence-corrected chi connectivity index (χ0v) is 14.6. The Labute approximate surface area is 143 Å². The molecular formula is C19H25N3O2. The molecule has 5 heteroatoms. The number of aryl methyl sites for hydroxylation is 3. The number of aromatic nitrogens is 2. The molecule has 1 fully saturated rings. The van der Waals surface area contributed by atoms with E-state index >= 15 is 0 Å². The van der Waals surface area contributed by atoms with E-state index in [1.54, 1.807) is 0 Å². The maximum absolute atomic E-state index is 12.5. The number of aromatic amines is 1. The van der Waals surface area contributed by atoms with Gasteiger partial charge in [-0.05, 0) is 56.9 Å². The largest absolute Gasteiger partial charge is 0.483 e. The minimum atomic E-state index is 0.0489. The Kier molecular flexibility index (Phi) is 4.88. The quantitative estimate of drug-likeness (QED) is 0.938. The van der Waals surface area contributed by atoms with Crippen molar-refractivity contribution in [1.82, 2.24) is 15.1 Å². The van der Waals surface area contributed by atoms with Gasteiger partial charge in [0.2, 0.25) is 0 Å². The molecule has 1 unspecified atom stereocenters. The number of likely N-dealkylation sites (tertiary alicyclic amines) is 1. The van der Waals surface area contributed by atoms with E-state index in [-0.39, 0.29) is 12.5 Å². The fourth-order valence-corrected chi connectivity index (χ4v) is 3.19. The van der Waals surface area contributed by atoms with Crippen LogP contribution in [0.2, 0.25) is 0 Å². The third kappa shape index (κ3) is 3.78. The van der Waals surface area contributed by atoms with Crippen molar-refractivity contribution in [2.75, 3.05) is 19.7 Å². The van der Waals surface area contributed by atoms with Gasteiger partial charge in [-0.15, -0.1) is 0 Å². The Morgan fingerprint density at radius 3 is 2.92 bits per heavy atom. The van der Waals surface area contributed by atoms with Crippen LogP contribution in [0.5, 0.6) is 5.75 Å². The SMILES string of the molecule is Cc1ccc(C)c(OCC(=O)N2CCCC(c3cc(C)[nH]n3)C2)c1. The number of rotatable bonds is 4. The molecule has 1 N–H and O–H groups in total. The molecule has 1 aliphatic rings. The van der Waals surface area contributed by atoms with Crippen LogP contribution in [0.1, 0.15) is 41.3 Å². The highest BCUT2D eigenvalue weighted by Crippen LogP contribution is 2.26. The lowest BCUT2D eigenvalue weighted by Gasteiger charge is -2.32. The second-order valence-electron chi connectivity index (χ2n) is 6.71. The summed E-state index contributed by atoms with van der Waals surface area (Å²) >= 11 is 0. The first kappa shape index (κ1) is 16.6. The van der Waals surface area contributed by atoms with Crippen LogP contribution in [0, 0.1) is 20.8 Å². The van der Waals surface area contributed by atoms with Crippen molar-refractivity contribution < 1.29 is 9.53 Å². The van der Waals surface area contributed by atoms with Crippen molar-refractivity contribution in [2.24, 2.45) is 0 Å². The Morgan fingerprint density at radius 2 is 2.17 bits per heavy atom. The third-order valence-electron chi connectivity index (χ3n) is 4.61. The molecule has 0 saturated carbocycles. The first-order valence-electron chi connectivity index (χ1n) is 8.52. The molecule has 2 heterocycles. The summed E-state index contributed by atoms with van der Waals surface area (Å²) in [6, 6.07) is 8.12. The molecule has 1 saturated heterocycles. The van der Waals surface area contributed by atoms with Gasteiger partial charge in [-0.3, -0.25) is 9.89 Å². The average molecular weight is 327 g/mol. The molecule has 0 radical (unpaired) electrons. The summed E-state index contributed by atoms with van der Waals surface area (Å²) in [4.78, 5) is 14.4. The van der Waals surface area contributed by atoms with Crippen LogP contribution in [0.3, 0.4) is 0 Å². The smallest absolute Gasteiger partial charge is 0.260 e. The van der Waals surface area contributed by atoms with E-state index in [9.17, 15) is 4.79 Å². The number of nitrogens with zero attached hydrogens (tertiary/aromatic N) is 2. The van der Waals surface area contributed by atoms with E-state index in [1.165, 1.54) is 0 Å². The number of nitrogens with one attached hydrogen (secondary N) is 1. The van der Waals surface area contributed by atoms with Crippen LogP contribution in [-0.2, 0) is 4.79 Å². The predicted octanol–water partition coefficient (Wildman–Crippen LogP) is 3.12. The van der Waals surface area contributed by atoms with Gasteiger partial charge in [0.25, 0.3) is 5.91 Å². The molecule has 1 aliphatic heterocycles. The fraction of sp³-hybridized carbons (Fsp3) is 0.474. The Bertz CT molecular complexity index is 723. The van der Waals surface area contributed by atoms with Gasteiger partial charge >= 0.3 is 0 Å². The van der Waals surface area contributed by atoms with Crippen LogP contribution < -0.4 is 4.74 Å². The van der Waals surface area contributed by atoms with E-state index in [2.05, 4.69) is 16.3 Å². The summed E-state index contributed by atoms with van der Waals surface area (Å²) in [5.41, 5.74) is 4.30. The number of benzene rings is 1. The Hall–Kier alpha value is -2.30. The van der Waals surface area contributed by atoms with E-state index in [1.807, 2.05) is 43.9 Å². The molecule has 0 spiro atoms. The van der Waals surface area contributed by atoms with Gasteiger partial charge in [-0.1, -0.05) is 12.1 Å². The fourth-order valence-electron chi connectivity index (χ4n) is 3.19. The molecule has 0 aliphatic carbocycles. The summed E-state index contributed by atoms with van der Waals surface area (Å²) in [6.45, 7) is 7.64. The summed E-state index contributed by atoms with van der Waals surface area (Å²) in [5.74, 6) is 1.15. The van der Waals surface area contributed by atoms with E-state index < -0.39 is 0 Å². The molecule has 24 heavy (non-hydrogen) atoms. The second-order valence-corrected chi connectivity index (χ2v) is 6.71. The van der Waals surface area contributed by atoms with Gasteiger partial charge in [0.1, 0.15) is 5.75 Å². The third-order valence-corrected chi connectivity index (χ3v) is 4.61. The lowest BCUT2D eigenvalue weighted by Crippen LogP contribution is -2.41. The molecule has 1 aromatic heterocycles. The normalized spacial score (nSPS) is 17.8. The van der Waals surface area contributed by atoms with Crippen molar-refractivity contribution in [3.8, 4) is 5.75 Å². The van der Waals surface area contributed by atoms with E-state index in [4.69, 9.17) is 4.74 Å². The van der Waals surface area contributed by atoms with Gasteiger partial charge in [0.15, 0.2) is 6.61 Å². The van der Waals surface area contributed by atoms with Crippen molar-refractivity contribution in [3.05, 3.63) is 46.8 Å². The van der Waals surface area contributed by atoms with Crippen molar-refractivity contribution in [1.29, 1.82) is 0 Å². The van der Waals surface area contributed by atoms with Gasteiger partial charge in [-0.2, -0.15) is 5.10 Å². The van der Waals surface area contributed by atoms with Crippen LogP contribution in [0.25, 0.3) is 0 Å². The molecule has 0 bridgehead atoms. The van der Waals surface area contributed by atoms with Crippen molar-refractivity contribution >= 4 is 5.91 Å². The van der Waals surface area contributed by atoms with Crippen molar-refractivity contribution in [3.63, 3.8) is 0 Å². The highest BCUT2D eigenvalue weighted by molar-refractivity contribution is 5.78. The standard InChI is InChI=1S/C19H25N3O2/c1-13-6-7-14(2)18(9-13)24-12-19(23)22-8-4-5-16(11-22)17-10-15(3)20-21-17/h6-7,9-10,16H,4-5,8,11-12H2,1-3H3,(H,20,21). The molecule has 2 aromatic rings. The second kappa shape index (κ2) is 7.07. The Morgan fingerprint density at radius 1 is 1.33 bits per heavy atom. The summed E-state index contributed by atoms with van der Waals surface area (Å²) in [7, 11) is 0. The number of piperidine rings is 1. The number of carbonyl (C=O) groups is 1. The minimum Gasteiger partial charge on any atom is -0.483 e. The Balaban J connectivity index is 1.59. The van der Waals surface area contributed by atoms with Gasteiger partial charge < -0.3 is 9.64 Å². The molecule has 1 aromatic carbocycles. The highest BCUT2D eigenvalue weighted by atomic mass is 16.5. The zero-order chi connectivity index (χ0) is 17.1. The van der Waals surface area contributed by atoms with Gasteiger partial charge in [-0.25, -0.2) is 0 Å². The molecule has 1 atom stereocenters. The zero-order valence-electron chi connectivity index (χ0n) is 14.6. The highest BCUT2D eigenvalue weighted by Gasteiger charge is 2.26. The van der Waals surface area contributed by atoms with Crippen LogP contribution >= 0.6 is 0 Å².